The Bertz CT molecular complexity index is 650. The highest BCUT2D eigenvalue weighted by atomic mass is 19.4. The molecule has 1 unspecified atom stereocenters. The fourth-order valence-corrected chi connectivity index (χ4v) is 2.22. The number of anilines is 1. The van der Waals surface area contributed by atoms with Crippen molar-refractivity contribution in [1.29, 1.82) is 0 Å². The van der Waals surface area contributed by atoms with Crippen molar-refractivity contribution in [3.05, 3.63) is 29.7 Å². The molecule has 2 rings (SSSR count). The van der Waals surface area contributed by atoms with Crippen LogP contribution in [0.4, 0.5) is 19.0 Å². The van der Waals surface area contributed by atoms with Crippen LogP contribution in [0.1, 0.15) is 51.3 Å². The second-order valence-corrected chi connectivity index (χ2v) is 5.69. The fraction of sp³-hybridized carbons (Fsp3) is 0.533. The summed E-state index contributed by atoms with van der Waals surface area (Å²) < 4.78 is 41.8. The average Bonchev–Trinajstić information content (AvgIpc) is 2.98. The Hall–Kier alpha value is -2.12. The Balaban J connectivity index is 2.71. The zero-order chi connectivity index (χ0) is 17.2. The summed E-state index contributed by atoms with van der Waals surface area (Å²) in [5.74, 6) is -0.209. The van der Waals surface area contributed by atoms with Gasteiger partial charge in [-0.2, -0.15) is 23.3 Å². The number of aromatic nitrogens is 4. The summed E-state index contributed by atoms with van der Waals surface area (Å²) in [7, 11) is 0. The lowest BCUT2D eigenvalue weighted by Gasteiger charge is -2.22. The van der Waals surface area contributed by atoms with Crippen LogP contribution in [0.2, 0.25) is 0 Å². The molecular formula is C15H20F3N5. The monoisotopic (exact) mass is 327 g/mol. The van der Waals surface area contributed by atoms with Gasteiger partial charge < -0.3 is 5.32 Å². The van der Waals surface area contributed by atoms with Gasteiger partial charge in [0, 0.05) is 24.0 Å². The molecule has 2 heterocycles. The normalized spacial score (nSPS) is 13.4. The Morgan fingerprint density at radius 3 is 2.39 bits per heavy atom. The van der Waals surface area contributed by atoms with Crippen LogP contribution in [-0.2, 0) is 6.18 Å². The summed E-state index contributed by atoms with van der Waals surface area (Å²) in [4.78, 5) is 8.02. The summed E-state index contributed by atoms with van der Waals surface area (Å²) in [6.45, 7) is 7.28. The first kappa shape index (κ1) is 17.2. The maximum absolute atomic E-state index is 13.5. The molecule has 0 amide bonds. The summed E-state index contributed by atoms with van der Waals surface area (Å²) in [5.41, 5.74) is -0.805. The lowest BCUT2D eigenvalue weighted by molar-refractivity contribution is -0.142. The summed E-state index contributed by atoms with van der Waals surface area (Å²) >= 11 is 0. The second kappa shape index (κ2) is 6.55. The molecule has 0 fully saturated rings. The first-order valence-corrected chi connectivity index (χ1v) is 7.49. The third-order valence-electron chi connectivity index (χ3n) is 3.44. The van der Waals surface area contributed by atoms with Crippen LogP contribution in [0.5, 0.6) is 0 Å². The molecule has 0 aromatic carbocycles. The van der Waals surface area contributed by atoms with Crippen LogP contribution >= 0.6 is 0 Å². The van der Waals surface area contributed by atoms with E-state index in [1.54, 1.807) is 13.0 Å². The van der Waals surface area contributed by atoms with Gasteiger partial charge in [-0.05, 0) is 32.3 Å². The van der Waals surface area contributed by atoms with Gasteiger partial charge in [0.2, 0.25) is 0 Å². The van der Waals surface area contributed by atoms with E-state index in [-0.39, 0.29) is 29.3 Å². The van der Waals surface area contributed by atoms with E-state index in [9.17, 15) is 13.2 Å². The molecule has 0 spiro atoms. The largest absolute Gasteiger partial charge is 0.433 e. The molecule has 5 nitrogen and oxygen atoms in total. The van der Waals surface area contributed by atoms with Crippen LogP contribution in [0, 0.1) is 0 Å². The van der Waals surface area contributed by atoms with E-state index in [0.29, 0.717) is 6.42 Å². The molecular weight excluding hydrogens is 307 g/mol. The van der Waals surface area contributed by atoms with Gasteiger partial charge >= 0.3 is 6.18 Å². The van der Waals surface area contributed by atoms with Crippen molar-refractivity contribution in [2.24, 2.45) is 0 Å². The predicted molar refractivity (Wildman–Crippen MR) is 81.6 cm³/mol. The molecule has 0 saturated heterocycles. The lowest BCUT2D eigenvalue weighted by atomic mass is 9.96. The maximum atomic E-state index is 13.5. The number of hydrogen-bond acceptors (Lipinski definition) is 4. The third kappa shape index (κ3) is 3.80. The number of halogens is 3. The standard InChI is InChI=1S/C15H20F3N5/c1-5-10(4)11-12(15(16,17)18)21-14(23-8-6-7-19-23)22-13(11)20-9(2)3/h6-10H,5H2,1-4H3,(H,20,21,22). The van der Waals surface area contributed by atoms with Crippen molar-refractivity contribution >= 4 is 5.82 Å². The van der Waals surface area contributed by atoms with Crippen LogP contribution in [-0.4, -0.2) is 25.8 Å². The molecule has 0 aliphatic heterocycles. The molecule has 0 saturated carbocycles. The van der Waals surface area contributed by atoms with Crippen LogP contribution in [0.15, 0.2) is 18.5 Å². The molecule has 2 aromatic heterocycles. The van der Waals surface area contributed by atoms with E-state index in [0.717, 1.165) is 0 Å². The SMILES string of the molecule is CCC(C)c1c(NC(C)C)nc(-n2cccn2)nc1C(F)(F)F. The van der Waals surface area contributed by atoms with E-state index >= 15 is 0 Å². The summed E-state index contributed by atoms with van der Waals surface area (Å²) in [6.07, 6.45) is -1.02. The van der Waals surface area contributed by atoms with Crippen molar-refractivity contribution in [1.82, 2.24) is 19.7 Å². The summed E-state index contributed by atoms with van der Waals surface area (Å²) in [6, 6.07) is 1.55. The Morgan fingerprint density at radius 1 is 1.22 bits per heavy atom. The molecule has 8 heteroatoms. The van der Waals surface area contributed by atoms with E-state index in [1.807, 2.05) is 20.8 Å². The first-order chi connectivity index (χ1) is 10.7. The molecule has 1 N–H and O–H groups in total. The fourth-order valence-electron chi connectivity index (χ4n) is 2.22. The van der Waals surface area contributed by atoms with Crippen LogP contribution in [0.25, 0.3) is 5.95 Å². The van der Waals surface area contributed by atoms with Crippen molar-refractivity contribution in [2.75, 3.05) is 5.32 Å². The molecule has 0 bridgehead atoms. The molecule has 126 valence electrons. The maximum Gasteiger partial charge on any atom is 0.433 e. The quantitative estimate of drug-likeness (QED) is 0.901. The second-order valence-electron chi connectivity index (χ2n) is 5.69. The van der Waals surface area contributed by atoms with Gasteiger partial charge in [0.05, 0.1) is 0 Å². The van der Waals surface area contributed by atoms with E-state index in [4.69, 9.17) is 0 Å². The minimum Gasteiger partial charge on any atom is -0.367 e. The van der Waals surface area contributed by atoms with Crippen molar-refractivity contribution in [3.8, 4) is 5.95 Å². The molecule has 0 radical (unpaired) electrons. The van der Waals surface area contributed by atoms with Gasteiger partial charge in [0.25, 0.3) is 5.95 Å². The molecule has 0 aliphatic carbocycles. The Morgan fingerprint density at radius 2 is 1.91 bits per heavy atom. The topological polar surface area (TPSA) is 55.6 Å². The number of rotatable bonds is 5. The first-order valence-electron chi connectivity index (χ1n) is 7.49. The van der Waals surface area contributed by atoms with Gasteiger partial charge in [-0.25, -0.2) is 9.67 Å². The zero-order valence-corrected chi connectivity index (χ0v) is 13.5. The van der Waals surface area contributed by atoms with Gasteiger partial charge in [0.1, 0.15) is 5.82 Å². The molecule has 23 heavy (non-hydrogen) atoms. The van der Waals surface area contributed by atoms with Crippen molar-refractivity contribution < 1.29 is 13.2 Å². The average molecular weight is 327 g/mol. The highest BCUT2D eigenvalue weighted by Gasteiger charge is 2.39. The predicted octanol–water partition coefficient (Wildman–Crippen LogP) is 4.01. The van der Waals surface area contributed by atoms with E-state index < -0.39 is 11.9 Å². The van der Waals surface area contributed by atoms with Crippen LogP contribution < -0.4 is 5.32 Å². The number of hydrogen-bond donors (Lipinski definition) is 1. The number of nitrogens with one attached hydrogen (secondary N) is 1. The minimum absolute atomic E-state index is 0.0562. The van der Waals surface area contributed by atoms with Gasteiger partial charge in [-0.15, -0.1) is 0 Å². The molecule has 0 aliphatic rings. The highest BCUT2D eigenvalue weighted by molar-refractivity contribution is 5.51. The van der Waals surface area contributed by atoms with E-state index in [2.05, 4.69) is 20.4 Å². The van der Waals surface area contributed by atoms with Crippen molar-refractivity contribution in [3.63, 3.8) is 0 Å². The molecule has 2 aromatic rings. The van der Waals surface area contributed by atoms with Gasteiger partial charge in [0.15, 0.2) is 5.69 Å². The number of alkyl halides is 3. The van der Waals surface area contributed by atoms with Gasteiger partial charge in [-0.1, -0.05) is 13.8 Å². The van der Waals surface area contributed by atoms with Gasteiger partial charge in [-0.3, -0.25) is 0 Å². The smallest absolute Gasteiger partial charge is 0.367 e. The number of nitrogens with zero attached hydrogens (tertiary/aromatic N) is 4. The highest BCUT2D eigenvalue weighted by Crippen LogP contribution is 2.38. The Kier molecular flexibility index (Phi) is 4.91. The minimum atomic E-state index is -4.56. The zero-order valence-electron chi connectivity index (χ0n) is 13.5. The lowest BCUT2D eigenvalue weighted by Crippen LogP contribution is -2.22. The van der Waals surface area contributed by atoms with E-state index in [1.165, 1.54) is 17.1 Å². The third-order valence-corrected chi connectivity index (χ3v) is 3.44. The van der Waals surface area contributed by atoms with Crippen LogP contribution in [0.3, 0.4) is 0 Å². The molecule has 1 atom stereocenters. The summed E-state index contributed by atoms with van der Waals surface area (Å²) in [5, 5.41) is 6.93. The Labute approximate surface area is 133 Å². The van der Waals surface area contributed by atoms with Crippen molar-refractivity contribution in [2.45, 2.75) is 52.3 Å².